The zero-order valence-electron chi connectivity index (χ0n) is 9.68. The van der Waals surface area contributed by atoms with E-state index in [-0.39, 0.29) is 5.91 Å². The van der Waals surface area contributed by atoms with E-state index in [0.717, 1.165) is 25.7 Å². The van der Waals surface area contributed by atoms with E-state index < -0.39 is 5.41 Å². The Kier molecular flexibility index (Phi) is 4.14. The fourth-order valence-corrected chi connectivity index (χ4v) is 1.92. The highest BCUT2D eigenvalue weighted by molar-refractivity contribution is 5.85. The zero-order chi connectivity index (χ0) is 11.3. The van der Waals surface area contributed by atoms with E-state index in [4.69, 9.17) is 0 Å². The predicted octanol–water partition coefficient (Wildman–Crippen LogP) is 2.38. The second-order valence-corrected chi connectivity index (χ2v) is 4.44. The molecule has 84 valence electrons. The number of nitrogens with zero attached hydrogens (tertiary/aromatic N) is 1. The fourth-order valence-electron chi connectivity index (χ4n) is 1.92. The molecule has 0 aromatic rings. The molecule has 0 saturated heterocycles. The van der Waals surface area contributed by atoms with E-state index in [2.05, 4.69) is 11.4 Å². The Labute approximate surface area is 91.9 Å². The van der Waals surface area contributed by atoms with Gasteiger partial charge in [0.15, 0.2) is 0 Å². The lowest BCUT2D eigenvalue weighted by molar-refractivity contribution is -0.129. The van der Waals surface area contributed by atoms with E-state index in [0.29, 0.717) is 18.9 Å². The summed E-state index contributed by atoms with van der Waals surface area (Å²) < 4.78 is 0. The van der Waals surface area contributed by atoms with Crippen LogP contribution in [0.15, 0.2) is 0 Å². The summed E-state index contributed by atoms with van der Waals surface area (Å²) in [5, 5.41) is 12.2. The van der Waals surface area contributed by atoms with Crippen LogP contribution < -0.4 is 5.32 Å². The minimum atomic E-state index is -0.772. The Bertz CT molecular complexity index is 257. The second-order valence-electron chi connectivity index (χ2n) is 4.44. The van der Waals surface area contributed by atoms with Crippen LogP contribution in [-0.4, -0.2) is 11.9 Å². The number of carbonyl (C=O) groups excluding carboxylic acids is 1. The third-order valence-electron chi connectivity index (χ3n) is 2.91. The summed E-state index contributed by atoms with van der Waals surface area (Å²) in [6.45, 7) is 4.04. The number of amides is 1. The molecule has 1 amide bonds. The maximum Gasteiger partial charge on any atom is 0.240 e. The summed E-state index contributed by atoms with van der Waals surface area (Å²) in [6, 6.07) is 2.58. The molecule has 1 fully saturated rings. The minimum Gasteiger partial charge on any atom is -0.352 e. The van der Waals surface area contributed by atoms with Gasteiger partial charge in [0.05, 0.1) is 6.07 Å². The number of hydrogen-bond donors (Lipinski definition) is 1. The molecule has 1 saturated carbocycles. The molecule has 0 aromatic heterocycles. The van der Waals surface area contributed by atoms with Crippen molar-refractivity contribution >= 4 is 5.91 Å². The lowest BCUT2D eigenvalue weighted by atomic mass is 9.80. The van der Waals surface area contributed by atoms with Gasteiger partial charge in [-0.1, -0.05) is 26.7 Å². The van der Waals surface area contributed by atoms with Gasteiger partial charge in [-0.2, -0.15) is 5.26 Å². The van der Waals surface area contributed by atoms with Gasteiger partial charge in [0.2, 0.25) is 5.91 Å². The Morgan fingerprint density at radius 3 is 2.27 bits per heavy atom. The quantitative estimate of drug-likeness (QED) is 0.728. The van der Waals surface area contributed by atoms with Gasteiger partial charge in [0, 0.05) is 6.04 Å². The first-order valence-corrected chi connectivity index (χ1v) is 5.90. The molecule has 0 atom stereocenters. The maximum absolute atomic E-state index is 12.0. The van der Waals surface area contributed by atoms with Gasteiger partial charge in [-0.25, -0.2) is 0 Å². The van der Waals surface area contributed by atoms with Crippen LogP contribution in [0.3, 0.4) is 0 Å². The number of carbonyl (C=O) groups is 1. The zero-order valence-corrected chi connectivity index (χ0v) is 9.68. The predicted molar refractivity (Wildman–Crippen MR) is 59.0 cm³/mol. The highest BCUT2D eigenvalue weighted by Crippen LogP contribution is 2.31. The SMILES string of the molecule is CCCC(C#N)(CCC)C(=O)NC1CC1. The first kappa shape index (κ1) is 12.0. The molecule has 3 heteroatoms. The van der Waals surface area contributed by atoms with Crippen LogP contribution in [0.4, 0.5) is 0 Å². The van der Waals surface area contributed by atoms with Crippen molar-refractivity contribution in [3.8, 4) is 6.07 Å². The van der Waals surface area contributed by atoms with E-state index in [1.54, 1.807) is 0 Å². The summed E-state index contributed by atoms with van der Waals surface area (Å²) in [4.78, 5) is 12.0. The standard InChI is InChI=1S/C12H20N2O/c1-3-7-12(9-13,8-4-2)11(15)14-10-5-6-10/h10H,3-8H2,1-2H3,(H,14,15). The van der Waals surface area contributed by atoms with Crippen molar-refractivity contribution in [1.29, 1.82) is 5.26 Å². The van der Waals surface area contributed by atoms with E-state index in [1.807, 2.05) is 13.8 Å². The van der Waals surface area contributed by atoms with Gasteiger partial charge in [-0.05, 0) is 25.7 Å². The van der Waals surface area contributed by atoms with Gasteiger partial charge in [-0.15, -0.1) is 0 Å². The van der Waals surface area contributed by atoms with Gasteiger partial charge in [0.25, 0.3) is 0 Å². The van der Waals surface area contributed by atoms with Crippen molar-refractivity contribution < 1.29 is 4.79 Å². The molecule has 0 heterocycles. The molecule has 3 nitrogen and oxygen atoms in total. The van der Waals surface area contributed by atoms with Gasteiger partial charge >= 0.3 is 0 Å². The van der Waals surface area contributed by atoms with Gasteiger partial charge in [0.1, 0.15) is 5.41 Å². The summed E-state index contributed by atoms with van der Waals surface area (Å²) in [7, 11) is 0. The van der Waals surface area contributed by atoms with Gasteiger partial charge in [-0.3, -0.25) is 4.79 Å². The van der Waals surface area contributed by atoms with Crippen molar-refractivity contribution in [3.63, 3.8) is 0 Å². The first-order chi connectivity index (χ1) is 7.18. The summed E-state index contributed by atoms with van der Waals surface area (Å²) >= 11 is 0. The maximum atomic E-state index is 12.0. The average molecular weight is 208 g/mol. The van der Waals surface area contributed by atoms with Crippen LogP contribution in [0.25, 0.3) is 0 Å². The number of rotatable bonds is 6. The van der Waals surface area contributed by atoms with Gasteiger partial charge < -0.3 is 5.32 Å². The van der Waals surface area contributed by atoms with Crippen LogP contribution in [0, 0.1) is 16.7 Å². The lowest BCUT2D eigenvalue weighted by Crippen LogP contribution is -2.41. The normalized spacial score (nSPS) is 15.8. The van der Waals surface area contributed by atoms with E-state index in [1.165, 1.54) is 0 Å². The highest BCUT2D eigenvalue weighted by Gasteiger charge is 2.39. The molecule has 1 aliphatic carbocycles. The average Bonchev–Trinajstić information content (AvgIpc) is 3.01. The molecule has 1 rings (SSSR count). The number of nitriles is 1. The molecule has 1 N–H and O–H groups in total. The van der Waals surface area contributed by atoms with Crippen molar-refractivity contribution in [2.75, 3.05) is 0 Å². The summed E-state index contributed by atoms with van der Waals surface area (Å²) in [5.74, 6) is -0.0452. The van der Waals surface area contributed by atoms with Crippen LogP contribution >= 0.6 is 0 Å². The monoisotopic (exact) mass is 208 g/mol. The number of hydrogen-bond acceptors (Lipinski definition) is 2. The van der Waals surface area contributed by atoms with E-state index >= 15 is 0 Å². The Morgan fingerprint density at radius 2 is 1.93 bits per heavy atom. The third kappa shape index (κ3) is 2.95. The van der Waals surface area contributed by atoms with E-state index in [9.17, 15) is 10.1 Å². The Morgan fingerprint density at radius 1 is 1.40 bits per heavy atom. The van der Waals surface area contributed by atoms with Crippen molar-refractivity contribution in [1.82, 2.24) is 5.32 Å². The minimum absolute atomic E-state index is 0.0452. The molecule has 0 aromatic carbocycles. The fraction of sp³-hybridized carbons (Fsp3) is 0.833. The molecular weight excluding hydrogens is 188 g/mol. The third-order valence-corrected chi connectivity index (χ3v) is 2.91. The number of nitrogens with one attached hydrogen (secondary N) is 1. The lowest BCUT2D eigenvalue weighted by Gasteiger charge is -2.24. The Balaban J connectivity index is 2.66. The van der Waals surface area contributed by atoms with Crippen molar-refractivity contribution in [3.05, 3.63) is 0 Å². The largest absolute Gasteiger partial charge is 0.352 e. The van der Waals surface area contributed by atoms with Crippen LogP contribution in [-0.2, 0) is 4.79 Å². The van der Waals surface area contributed by atoms with Crippen LogP contribution in [0.5, 0.6) is 0 Å². The molecule has 0 spiro atoms. The second kappa shape index (κ2) is 5.16. The smallest absolute Gasteiger partial charge is 0.240 e. The molecule has 15 heavy (non-hydrogen) atoms. The molecule has 0 aliphatic heterocycles. The highest BCUT2D eigenvalue weighted by atomic mass is 16.2. The van der Waals surface area contributed by atoms with Crippen LogP contribution in [0.2, 0.25) is 0 Å². The molecule has 0 bridgehead atoms. The topological polar surface area (TPSA) is 52.9 Å². The summed E-state index contributed by atoms with van der Waals surface area (Å²) in [6.07, 6.45) is 5.26. The Hall–Kier alpha value is -1.04. The van der Waals surface area contributed by atoms with Crippen LogP contribution in [0.1, 0.15) is 52.4 Å². The molecular formula is C12H20N2O. The molecule has 0 unspecified atom stereocenters. The van der Waals surface area contributed by atoms with Crippen molar-refractivity contribution in [2.24, 2.45) is 5.41 Å². The molecule has 0 radical (unpaired) electrons. The molecule has 1 aliphatic rings. The first-order valence-electron chi connectivity index (χ1n) is 5.90. The summed E-state index contributed by atoms with van der Waals surface area (Å²) in [5.41, 5.74) is -0.772. The van der Waals surface area contributed by atoms with Crippen molar-refractivity contribution in [2.45, 2.75) is 58.4 Å².